The fraction of sp³-hybridized carbons (Fsp3) is 0.438. The first kappa shape index (κ1) is 28.1. The largest absolute Gasteiger partial charge is 0.352 e. The first-order chi connectivity index (χ1) is 19.3. The molecule has 1 fully saturated rings. The van der Waals surface area contributed by atoms with Crippen LogP contribution in [0.1, 0.15) is 69.4 Å². The monoisotopic (exact) mass is 561 g/mol. The summed E-state index contributed by atoms with van der Waals surface area (Å²) in [5.74, 6) is -0.234. The quantitative estimate of drug-likeness (QED) is 0.344. The lowest BCUT2D eigenvalue weighted by molar-refractivity contribution is -0.141. The number of aryl methyl sites for hydroxylation is 1. The molecule has 1 aliphatic heterocycles. The number of carbonyl (C=O) groups excluding carboxylic acids is 2. The van der Waals surface area contributed by atoms with Gasteiger partial charge in [-0.2, -0.15) is 0 Å². The molecule has 0 spiro atoms. The van der Waals surface area contributed by atoms with Gasteiger partial charge in [-0.15, -0.1) is 0 Å². The van der Waals surface area contributed by atoms with Gasteiger partial charge in [0, 0.05) is 30.9 Å². The maximum absolute atomic E-state index is 13.8. The summed E-state index contributed by atoms with van der Waals surface area (Å²) in [5, 5.41) is 4.84. The van der Waals surface area contributed by atoms with Gasteiger partial charge in [0.1, 0.15) is 6.04 Å². The first-order valence-electron chi connectivity index (χ1n) is 14.5. The minimum atomic E-state index is -3.68. The Morgan fingerprint density at radius 1 is 1.00 bits per heavy atom. The van der Waals surface area contributed by atoms with Crippen molar-refractivity contribution in [3.05, 3.63) is 71.8 Å². The summed E-state index contributed by atoms with van der Waals surface area (Å²) < 4.78 is 28.2. The Morgan fingerprint density at radius 3 is 2.45 bits per heavy atom. The van der Waals surface area contributed by atoms with Crippen LogP contribution in [-0.4, -0.2) is 43.8 Å². The van der Waals surface area contributed by atoms with Gasteiger partial charge in [-0.1, -0.05) is 74.7 Å². The van der Waals surface area contributed by atoms with Crippen LogP contribution < -0.4 is 9.62 Å². The van der Waals surface area contributed by atoms with Crippen molar-refractivity contribution in [2.75, 3.05) is 10.8 Å². The Balaban J connectivity index is 1.32. The van der Waals surface area contributed by atoms with Crippen molar-refractivity contribution in [2.24, 2.45) is 0 Å². The van der Waals surface area contributed by atoms with Crippen LogP contribution in [0, 0.1) is 6.92 Å². The minimum Gasteiger partial charge on any atom is -0.352 e. The molecule has 1 saturated carbocycles. The summed E-state index contributed by atoms with van der Waals surface area (Å²) in [6, 6.07) is 18.4. The maximum atomic E-state index is 13.8. The Morgan fingerprint density at radius 2 is 1.73 bits per heavy atom. The highest BCUT2D eigenvalue weighted by Crippen LogP contribution is 2.42. The number of hydrogen-bond donors (Lipinski definition) is 1. The van der Waals surface area contributed by atoms with Crippen LogP contribution in [0.2, 0.25) is 0 Å². The molecule has 5 rings (SSSR count). The minimum absolute atomic E-state index is 0.0967. The van der Waals surface area contributed by atoms with E-state index in [1.807, 2.05) is 62.4 Å². The van der Waals surface area contributed by atoms with Gasteiger partial charge in [0.25, 0.3) is 10.0 Å². The van der Waals surface area contributed by atoms with Crippen LogP contribution in [0.25, 0.3) is 10.8 Å². The number of benzene rings is 3. The summed E-state index contributed by atoms with van der Waals surface area (Å²) in [6.45, 7) is 4.50. The van der Waals surface area contributed by atoms with Crippen LogP contribution in [0.5, 0.6) is 0 Å². The van der Waals surface area contributed by atoms with Gasteiger partial charge in [0.05, 0.1) is 10.6 Å². The second kappa shape index (κ2) is 12.0. The zero-order valence-corrected chi connectivity index (χ0v) is 24.3. The number of nitrogens with zero attached hydrogens (tertiary/aromatic N) is 2. The Labute approximate surface area is 237 Å². The van der Waals surface area contributed by atoms with E-state index in [1.54, 1.807) is 17.0 Å². The van der Waals surface area contributed by atoms with E-state index in [4.69, 9.17) is 0 Å². The molecule has 2 aliphatic rings. The molecule has 3 aromatic rings. The molecule has 1 aliphatic carbocycles. The van der Waals surface area contributed by atoms with Gasteiger partial charge in [-0.05, 0) is 61.3 Å². The molecule has 3 aromatic carbocycles. The number of hydrogen-bond acceptors (Lipinski definition) is 4. The third kappa shape index (κ3) is 5.59. The molecule has 7 nitrogen and oxygen atoms in total. The molecule has 1 heterocycles. The van der Waals surface area contributed by atoms with Crippen LogP contribution in [0.4, 0.5) is 5.69 Å². The fourth-order valence-corrected chi connectivity index (χ4v) is 7.90. The zero-order chi connectivity index (χ0) is 28.3. The molecule has 8 heteroatoms. The van der Waals surface area contributed by atoms with Crippen molar-refractivity contribution in [2.45, 2.75) is 88.7 Å². The van der Waals surface area contributed by atoms with Gasteiger partial charge in [-0.3, -0.25) is 13.9 Å². The van der Waals surface area contributed by atoms with Gasteiger partial charge in [-0.25, -0.2) is 8.42 Å². The molecule has 0 saturated heterocycles. The van der Waals surface area contributed by atoms with Crippen molar-refractivity contribution >= 4 is 38.3 Å². The SMILES string of the molecule is CC[C@@H](C(=O)NC1CCCCC1)N(Cc1ccccc1C)C(=O)CCCN1c2cccc3cccc(c23)S1(=O)=O. The predicted octanol–water partition coefficient (Wildman–Crippen LogP) is 5.69. The molecule has 0 unspecified atom stereocenters. The summed E-state index contributed by atoms with van der Waals surface area (Å²) in [7, 11) is -3.68. The average molecular weight is 562 g/mol. The molecular weight excluding hydrogens is 522 g/mol. The van der Waals surface area contributed by atoms with Crippen molar-refractivity contribution < 1.29 is 18.0 Å². The van der Waals surface area contributed by atoms with Gasteiger partial charge < -0.3 is 10.2 Å². The van der Waals surface area contributed by atoms with Gasteiger partial charge >= 0.3 is 0 Å². The summed E-state index contributed by atoms with van der Waals surface area (Å²) in [5.41, 5.74) is 2.73. The third-order valence-electron chi connectivity index (χ3n) is 8.37. The highest BCUT2D eigenvalue weighted by molar-refractivity contribution is 7.93. The fourth-order valence-electron chi connectivity index (χ4n) is 6.15. The van der Waals surface area contributed by atoms with E-state index >= 15 is 0 Å². The molecular formula is C32H39N3O4S. The van der Waals surface area contributed by atoms with Crippen molar-refractivity contribution in [3.63, 3.8) is 0 Å². The number of carbonyl (C=O) groups is 2. The maximum Gasteiger partial charge on any atom is 0.265 e. The number of amides is 2. The number of nitrogens with one attached hydrogen (secondary N) is 1. The molecule has 1 atom stereocenters. The van der Waals surface area contributed by atoms with E-state index in [0.717, 1.165) is 47.6 Å². The zero-order valence-electron chi connectivity index (χ0n) is 23.4. The van der Waals surface area contributed by atoms with Crippen LogP contribution in [0.3, 0.4) is 0 Å². The molecule has 1 N–H and O–H groups in total. The van der Waals surface area contributed by atoms with E-state index in [0.29, 0.717) is 30.0 Å². The van der Waals surface area contributed by atoms with E-state index in [2.05, 4.69) is 5.32 Å². The Bertz CT molecular complexity index is 1490. The van der Waals surface area contributed by atoms with Gasteiger partial charge in [0.15, 0.2) is 0 Å². The normalized spacial score (nSPS) is 17.1. The van der Waals surface area contributed by atoms with E-state index in [-0.39, 0.29) is 30.8 Å². The number of anilines is 1. The molecule has 0 aromatic heterocycles. The Hall–Kier alpha value is -3.39. The van der Waals surface area contributed by atoms with Crippen LogP contribution in [-0.2, 0) is 26.2 Å². The number of sulfonamides is 1. The Kier molecular flexibility index (Phi) is 8.45. The molecule has 2 amide bonds. The second-order valence-corrected chi connectivity index (χ2v) is 12.9. The smallest absolute Gasteiger partial charge is 0.265 e. The lowest BCUT2D eigenvalue weighted by Crippen LogP contribution is -2.51. The lowest BCUT2D eigenvalue weighted by atomic mass is 9.95. The van der Waals surface area contributed by atoms with E-state index in [9.17, 15) is 18.0 Å². The predicted molar refractivity (Wildman–Crippen MR) is 159 cm³/mol. The van der Waals surface area contributed by atoms with Crippen LogP contribution >= 0.6 is 0 Å². The first-order valence-corrected chi connectivity index (χ1v) is 15.9. The van der Waals surface area contributed by atoms with Crippen LogP contribution in [0.15, 0.2) is 65.6 Å². The highest BCUT2D eigenvalue weighted by Gasteiger charge is 2.36. The average Bonchev–Trinajstić information content (AvgIpc) is 3.17. The standard InChI is InChI=1S/C32H39N3O4S/c1-3-27(32(37)33-26-16-5-4-6-17-26)34(22-25-13-8-7-12-23(25)2)30(36)20-11-21-35-28-18-9-14-24-15-10-19-29(31(24)28)40(35,38)39/h7-10,12-15,18-19,26-27H,3-6,11,16-17,20-22H2,1-2H3,(H,33,37)/t27-/m0/s1. The molecule has 212 valence electrons. The third-order valence-corrected chi connectivity index (χ3v) is 10.2. The number of rotatable bonds is 10. The van der Waals surface area contributed by atoms with Gasteiger partial charge in [0.2, 0.25) is 11.8 Å². The molecule has 0 radical (unpaired) electrons. The second-order valence-electron chi connectivity index (χ2n) is 11.0. The summed E-state index contributed by atoms with van der Waals surface area (Å²) in [6.07, 6.45) is 6.41. The van der Waals surface area contributed by atoms with E-state index in [1.165, 1.54) is 10.7 Å². The highest BCUT2D eigenvalue weighted by atomic mass is 32.2. The molecule has 0 bridgehead atoms. The lowest BCUT2D eigenvalue weighted by Gasteiger charge is -2.33. The topological polar surface area (TPSA) is 86.8 Å². The van der Waals surface area contributed by atoms with Crippen molar-refractivity contribution in [1.29, 1.82) is 0 Å². The van der Waals surface area contributed by atoms with Crippen molar-refractivity contribution in [3.8, 4) is 0 Å². The van der Waals surface area contributed by atoms with Crippen molar-refractivity contribution in [1.82, 2.24) is 10.2 Å². The molecule has 40 heavy (non-hydrogen) atoms. The summed E-state index contributed by atoms with van der Waals surface area (Å²) in [4.78, 5) is 29.3. The summed E-state index contributed by atoms with van der Waals surface area (Å²) >= 11 is 0. The van der Waals surface area contributed by atoms with E-state index < -0.39 is 16.1 Å².